The lowest BCUT2D eigenvalue weighted by Crippen LogP contribution is -2.40. The molecule has 0 bridgehead atoms. The zero-order valence-electron chi connectivity index (χ0n) is 11.4. The normalized spacial score (nSPS) is 19.1. The molecule has 1 aliphatic heterocycles. The molecule has 0 aromatic heterocycles. The fraction of sp³-hybridized carbons (Fsp3) is 0.533. The van der Waals surface area contributed by atoms with E-state index in [4.69, 9.17) is 4.74 Å². The number of piperidine rings is 1. The minimum Gasteiger partial charge on any atom is -0.380 e. The monoisotopic (exact) mass is 262 g/mol. The van der Waals surface area contributed by atoms with Crippen molar-refractivity contribution < 1.29 is 9.53 Å². The molecular formula is C15H22N2O2. The maximum absolute atomic E-state index is 12.0. The number of nitrogens with one attached hydrogen (secondary N) is 2. The van der Waals surface area contributed by atoms with Crippen molar-refractivity contribution in [3.63, 3.8) is 0 Å². The van der Waals surface area contributed by atoms with Crippen molar-refractivity contribution >= 4 is 5.91 Å². The number of ether oxygens (including phenoxy) is 1. The Balaban J connectivity index is 1.83. The molecule has 1 aromatic carbocycles. The molecule has 2 N–H and O–H groups in total. The molecule has 1 amide bonds. The Morgan fingerprint density at radius 2 is 2.32 bits per heavy atom. The average Bonchev–Trinajstić information content (AvgIpc) is 2.46. The molecule has 0 unspecified atom stereocenters. The summed E-state index contributed by atoms with van der Waals surface area (Å²) < 4.78 is 5.11. The van der Waals surface area contributed by atoms with Crippen LogP contribution in [0.3, 0.4) is 0 Å². The summed E-state index contributed by atoms with van der Waals surface area (Å²) in [5, 5.41) is 6.28. The molecule has 1 aliphatic rings. The van der Waals surface area contributed by atoms with E-state index in [0.717, 1.165) is 37.1 Å². The molecule has 1 aromatic rings. The summed E-state index contributed by atoms with van der Waals surface area (Å²) in [6, 6.07) is 8.12. The van der Waals surface area contributed by atoms with E-state index in [1.807, 2.05) is 18.2 Å². The van der Waals surface area contributed by atoms with Crippen molar-refractivity contribution in [1.82, 2.24) is 10.6 Å². The smallest absolute Gasteiger partial charge is 0.224 e. The minimum absolute atomic E-state index is 0.121. The van der Waals surface area contributed by atoms with Crippen LogP contribution in [0.15, 0.2) is 24.3 Å². The Labute approximate surface area is 114 Å². The Hall–Kier alpha value is -1.39. The second-order valence-corrected chi connectivity index (χ2v) is 5.01. The number of benzene rings is 1. The van der Waals surface area contributed by atoms with Crippen molar-refractivity contribution in [2.75, 3.05) is 20.2 Å². The highest BCUT2D eigenvalue weighted by Gasteiger charge is 2.20. The number of methoxy groups -OCH3 is 1. The Morgan fingerprint density at radius 1 is 1.47 bits per heavy atom. The highest BCUT2D eigenvalue weighted by atomic mass is 16.5. The van der Waals surface area contributed by atoms with E-state index in [2.05, 4.69) is 16.7 Å². The summed E-state index contributed by atoms with van der Waals surface area (Å²) >= 11 is 0. The average molecular weight is 262 g/mol. The predicted octanol–water partition coefficient (Wildman–Crippen LogP) is 1.45. The number of amides is 1. The minimum atomic E-state index is 0.121. The second-order valence-electron chi connectivity index (χ2n) is 5.01. The first-order chi connectivity index (χ1) is 9.29. The summed E-state index contributed by atoms with van der Waals surface area (Å²) in [7, 11) is 1.69. The first-order valence-corrected chi connectivity index (χ1v) is 6.85. The number of carbonyl (C=O) groups is 1. The zero-order valence-corrected chi connectivity index (χ0v) is 11.4. The number of hydrogen-bond donors (Lipinski definition) is 2. The van der Waals surface area contributed by atoms with Crippen LogP contribution in [0, 0.1) is 5.92 Å². The van der Waals surface area contributed by atoms with E-state index in [1.165, 1.54) is 0 Å². The largest absolute Gasteiger partial charge is 0.380 e. The van der Waals surface area contributed by atoms with Gasteiger partial charge in [-0.1, -0.05) is 24.3 Å². The molecule has 1 fully saturated rings. The van der Waals surface area contributed by atoms with E-state index in [9.17, 15) is 4.79 Å². The van der Waals surface area contributed by atoms with Gasteiger partial charge in [0.1, 0.15) is 0 Å². The molecule has 1 heterocycles. The second kappa shape index (κ2) is 7.26. The molecule has 104 valence electrons. The molecule has 4 nitrogen and oxygen atoms in total. The molecule has 1 saturated heterocycles. The summed E-state index contributed by atoms with van der Waals surface area (Å²) in [5.74, 6) is 0.278. The van der Waals surface area contributed by atoms with Gasteiger partial charge in [-0.2, -0.15) is 0 Å². The number of rotatable bonds is 5. The molecule has 0 saturated carbocycles. The highest BCUT2D eigenvalue weighted by Crippen LogP contribution is 2.11. The van der Waals surface area contributed by atoms with Crippen LogP contribution < -0.4 is 10.6 Å². The topological polar surface area (TPSA) is 50.4 Å². The fourth-order valence-corrected chi connectivity index (χ4v) is 2.41. The van der Waals surface area contributed by atoms with Crippen LogP contribution >= 0.6 is 0 Å². The Morgan fingerprint density at radius 3 is 3.05 bits per heavy atom. The lowest BCUT2D eigenvalue weighted by molar-refractivity contribution is -0.125. The van der Waals surface area contributed by atoms with E-state index in [0.29, 0.717) is 13.2 Å². The maximum atomic E-state index is 12.0. The van der Waals surface area contributed by atoms with E-state index >= 15 is 0 Å². The molecule has 0 spiro atoms. The van der Waals surface area contributed by atoms with Gasteiger partial charge in [-0.15, -0.1) is 0 Å². The molecule has 2 rings (SSSR count). The van der Waals surface area contributed by atoms with Gasteiger partial charge in [0.15, 0.2) is 0 Å². The van der Waals surface area contributed by atoms with Gasteiger partial charge >= 0.3 is 0 Å². The third-order valence-electron chi connectivity index (χ3n) is 3.44. The Bertz CT molecular complexity index is 414. The first kappa shape index (κ1) is 14.0. The van der Waals surface area contributed by atoms with Crippen molar-refractivity contribution in [1.29, 1.82) is 0 Å². The van der Waals surface area contributed by atoms with Crippen LogP contribution in [-0.2, 0) is 22.7 Å². The zero-order chi connectivity index (χ0) is 13.5. The van der Waals surface area contributed by atoms with Crippen LogP contribution in [0.5, 0.6) is 0 Å². The van der Waals surface area contributed by atoms with Gasteiger partial charge in [0, 0.05) is 20.2 Å². The Kier molecular flexibility index (Phi) is 5.36. The van der Waals surface area contributed by atoms with Crippen molar-refractivity contribution in [2.24, 2.45) is 5.92 Å². The van der Waals surface area contributed by atoms with Crippen LogP contribution in [0.1, 0.15) is 24.0 Å². The SMILES string of the molecule is COCc1cccc(CNC(=O)[C@H]2CCCNC2)c1. The van der Waals surface area contributed by atoms with Gasteiger partial charge < -0.3 is 15.4 Å². The van der Waals surface area contributed by atoms with Crippen LogP contribution in [0.2, 0.25) is 0 Å². The van der Waals surface area contributed by atoms with Gasteiger partial charge in [0.05, 0.1) is 12.5 Å². The fourth-order valence-electron chi connectivity index (χ4n) is 2.41. The van der Waals surface area contributed by atoms with E-state index in [1.54, 1.807) is 7.11 Å². The predicted molar refractivity (Wildman–Crippen MR) is 74.6 cm³/mol. The maximum Gasteiger partial charge on any atom is 0.224 e. The number of hydrogen-bond acceptors (Lipinski definition) is 3. The summed E-state index contributed by atoms with van der Waals surface area (Å²) in [6.45, 7) is 3.03. The van der Waals surface area contributed by atoms with Crippen LogP contribution in [0.25, 0.3) is 0 Å². The van der Waals surface area contributed by atoms with Crippen molar-refractivity contribution in [3.8, 4) is 0 Å². The lowest BCUT2D eigenvalue weighted by Gasteiger charge is -2.21. The van der Waals surface area contributed by atoms with Gasteiger partial charge in [-0.25, -0.2) is 0 Å². The summed E-state index contributed by atoms with van der Waals surface area (Å²) in [5.41, 5.74) is 2.25. The van der Waals surface area contributed by atoms with Crippen molar-refractivity contribution in [2.45, 2.75) is 26.0 Å². The third kappa shape index (κ3) is 4.33. The van der Waals surface area contributed by atoms with Gasteiger partial charge in [0.25, 0.3) is 0 Å². The lowest BCUT2D eigenvalue weighted by atomic mass is 9.99. The molecule has 0 radical (unpaired) electrons. The number of carbonyl (C=O) groups excluding carboxylic acids is 1. The molecule has 0 aliphatic carbocycles. The quantitative estimate of drug-likeness (QED) is 0.844. The standard InChI is InChI=1S/C15H22N2O2/c1-19-11-13-5-2-4-12(8-13)9-17-15(18)14-6-3-7-16-10-14/h2,4-5,8,14,16H,3,6-7,9-11H2,1H3,(H,17,18)/t14-/m0/s1. The summed E-state index contributed by atoms with van der Waals surface area (Å²) in [6.07, 6.45) is 2.07. The summed E-state index contributed by atoms with van der Waals surface area (Å²) in [4.78, 5) is 12.0. The van der Waals surface area contributed by atoms with E-state index < -0.39 is 0 Å². The highest BCUT2D eigenvalue weighted by molar-refractivity contribution is 5.78. The third-order valence-corrected chi connectivity index (χ3v) is 3.44. The molecule has 19 heavy (non-hydrogen) atoms. The van der Waals surface area contributed by atoms with Crippen LogP contribution in [0.4, 0.5) is 0 Å². The van der Waals surface area contributed by atoms with E-state index in [-0.39, 0.29) is 11.8 Å². The molecular weight excluding hydrogens is 240 g/mol. The van der Waals surface area contributed by atoms with Crippen LogP contribution in [-0.4, -0.2) is 26.1 Å². The molecule has 1 atom stereocenters. The first-order valence-electron chi connectivity index (χ1n) is 6.85. The van der Waals surface area contributed by atoms with Gasteiger partial charge in [-0.05, 0) is 30.5 Å². The van der Waals surface area contributed by atoms with Gasteiger partial charge in [0.2, 0.25) is 5.91 Å². The van der Waals surface area contributed by atoms with Crippen molar-refractivity contribution in [3.05, 3.63) is 35.4 Å². The molecule has 4 heteroatoms. The van der Waals surface area contributed by atoms with Gasteiger partial charge in [-0.3, -0.25) is 4.79 Å².